The Hall–Kier alpha value is -2.62. The lowest BCUT2D eigenvalue weighted by Gasteiger charge is -2.18. The Kier molecular flexibility index (Phi) is 4.94. The molecule has 0 bridgehead atoms. The average Bonchev–Trinajstić information content (AvgIpc) is 2.62. The number of nitrogens with zero attached hydrogens (tertiary/aromatic N) is 1. The minimum absolute atomic E-state index is 0.0442. The number of ether oxygens (including phenoxy) is 1. The number of carbonyl (C=O) groups is 1. The molecular formula is C20H22N2O2. The van der Waals surface area contributed by atoms with Gasteiger partial charge in [0.05, 0.1) is 7.11 Å². The topological polar surface area (TPSA) is 50.7 Å². The van der Waals surface area contributed by atoms with Gasteiger partial charge in [-0.05, 0) is 43.2 Å². The minimum Gasteiger partial charge on any atom is -0.497 e. The van der Waals surface area contributed by atoms with Gasteiger partial charge < -0.3 is 10.1 Å². The molecule has 0 aliphatic carbocycles. The van der Waals surface area contributed by atoms with Crippen LogP contribution in [0.4, 0.5) is 0 Å². The van der Waals surface area contributed by atoms with Crippen molar-refractivity contribution in [1.82, 2.24) is 5.32 Å². The highest BCUT2D eigenvalue weighted by atomic mass is 16.5. The summed E-state index contributed by atoms with van der Waals surface area (Å²) in [6.07, 6.45) is 1.68. The predicted molar refractivity (Wildman–Crippen MR) is 96.2 cm³/mol. The number of benzene rings is 2. The maximum absolute atomic E-state index is 12.2. The van der Waals surface area contributed by atoms with Crippen LogP contribution in [0.5, 0.6) is 5.75 Å². The van der Waals surface area contributed by atoms with E-state index in [9.17, 15) is 4.79 Å². The third-order valence-electron chi connectivity index (χ3n) is 4.27. The molecule has 0 fully saturated rings. The highest BCUT2D eigenvalue weighted by Gasteiger charge is 2.15. The van der Waals surface area contributed by atoms with Crippen LogP contribution in [0.3, 0.4) is 0 Å². The van der Waals surface area contributed by atoms with Crippen molar-refractivity contribution in [3.05, 3.63) is 64.7 Å². The molecule has 1 aliphatic heterocycles. The Morgan fingerprint density at radius 2 is 2.00 bits per heavy atom. The van der Waals surface area contributed by atoms with Crippen molar-refractivity contribution in [3.63, 3.8) is 0 Å². The Labute approximate surface area is 142 Å². The fourth-order valence-electron chi connectivity index (χ4n) is 2.88. The van der Waals surface area contributed by atoms with E-state index < -0.39 is 0 Å². The smallest absolute Gasteiger partial charge is 0.251 e. The zero-order valence-electron chi connectivity index (χ0n) is 14.1. The maximum Gasteiger partial charge on any atom is 0.251 e. The van der Waals surface area contributed by atoms with Crippen LogP contribution in [-0.2, 0) is 6.42 Å². The number of aryl methyl sites for hydroxylation is 1. The molecule has 1 aliphatic rings. The number of nitrogens with one attached hydrogen (secondary N) is 1. The first-order valence-corrected chi connectivity index (χ1v) is 8.23. The standard InChI is InChI=1S/C20H22N2O2/c1-14-3-5-16(6-4-14)20(23)22-12-10-19-18-13-17(24-2)8-7-15(18)9-11-21-19/h3-8,13H,9-12H2,1-2H3,(H,22,23). The van der Waals surface area contributed by atoms with E-state index in [0.717, 1.165) is 42.0 Å². The molecule has 4 heteroatoms. The number of methoxy groups -OCH3 is 1. The van der Waals surface area contributed by atoms with E-state index >= 15 is 0 Å². The van der Waals surface area contributed by atoms with Crippen LogP contribution in [0.2, 0.25) is 0 Å². The van der Waals surface area contributed by atoms with E-state index in [-0.39, 0.29) is 5.91 Å². The number of rotatable bonds is 5. The van der Waals surface area contributed by atoms with Crippen LogP contribution < -0.4 is 10.1 Å². The van der Waals surface area contributed by atoms with Gasteiger partial charge in [-0.1, -0.05) is 23.8 Å². The van der Waals surface area contributed by atoms with Crippen molar-refractivity contribution >= 4 is 11.6 Å². The number of hydrogen-bond donors (Lipinski definition) is 1. The predicted octanol–water partition coefficient (Wildman–Crippen LogP) is 3.17. The Bertz CT molecular complexity index is 764. The molecule has 0 radical (unpaired) electrons. The molecule has 0 saturated heterocycles. The van der Waals surface area contributed by atoms with E-state index in [4.69, 9.17) is 4.74 Å². The summed E-state index contributed by atoms with van der Waals surface area (Å²) in [6, 6.07) is 13.7. The quantitative estimate of drug-likeness (QED) is 0.919. The van der Waals surface area contributed by atoms with Gasteiger partial charge in [0.2, 0.25) is 0 Å². The van der Waals surface area contributed by atoms with Gasteiger partial charge in [0.25, 0.3) is 5.91 Å². The molecule has 2 aromatic rings. The summed E-state index contributed by atoms with van der Waals surface area (Å²) >= 11 is 0. The third kappa shape index (κ3) is 3.65. The highest BCUT2D eigenvalue weighted by Crippen LogP contribution is 2.23. The van der Waals surface area contributed by atoms with Crippen LogP contribution in [-0.4, -0.2) is 31.8 Å². The molecule has 1 amide bonds. The Morgan fingerprint density at radius 1 is 1.21 bits per heavy atom. The van der Waals surface area contributed by atoms with E-state index in [1.165, 1.54) is 5.56 Å². The lowest BCUT2D eigenvalue weighted by atomic mass is 9.95. The summed E-state index contributed by atoms with van der Waals surface area (Å²) < 4.78 is 5.31. The summed E-state index contributed by atoms with van der Waals surface area (Å²) in [5.74, 6) is 0.796. The molecule has 0 atom stereocenters. The first kappa shape index (κ1) is 16.2. The molecule has 0 spiro atoms. The number of carbonyl (C=O) groups excluding carboxylic acids is 1. The minimum atomic E-state index is -0.0442. The second-order valence-corrected chi connectivity index (χ2v) is 5.97. The fourth-order valence-corrected chi connectivity index (χ4v) is 2.88. The summed E-state index contributed by atoms with van der Waals surface area (Å²) in [5.41, 5.74) is 5.32. The van der Waals surface area contributed by atoms with Crippen LogP contribution in [0.25, 0.3) is 0 Å². The van der Waals surface area contributed by atoms with Gasteiger partial charge in [0, 0.05) is 36.3 Å². The summed E-state index contributed by atoms with van der Waals surface area (Å²) in [6.45, 7) is 3.39. The molecule has 124 valence electrons. The number of aliphatic imine (C=N–C) groups is 1. The van der Waals surface area contributed by atoms with E-state index in [1.807, 2.05) is 43.3 Å². The highest BCUT2D eigenvalue weighted by molar-refractivity contribution is 6.03. The normalized spacial score (nSPS) is 13.0. The van der Waals surface area contributed by atoms with Crippen molar-refractivity contribution in [2.45, 2.75) is 19.8 Å². The van der Waals surface area contributed by atoms with Crippen molar-refractivity contribution in [3.8, 4) is 5.75 Å². The molecule has 1 heterocycles. The summed E-state index contributed by atoms with van der Waals surface area (Å²) in [5, 5.41) is 2.97. The molecule has 3 rings (SSSR count). The Balaban J connectivity index is 1.62. The van der Waals surface area contributed by atoms with Gasteiger partial charge in [-0.25, -0.2) is 0 Å². The van der Waals surface area contributed by atoms with E-state index in [0.29, 0.717) is 12.1 Å². The lowest BCUT2D eigenvalue weighted by molar-refractivity contribution is 0.0955. The SMILES string of the molecule is COc1ccc2c(c1)C(CCNC(=O)c1ccc(C)cc1)=NCC2. The zero-order chi connectivity index (χ0) is 16.9. The summed E-state index contributed by atoms with van der Waals surface area (Å²) in [7, 11) is 1.67. The molecule has 0 saturated carbocycles. The second kappa shape index (κ2) is 7.30. The summed E-state index contributed by atoms with van der Waals surface area (Å²) in [4.78, 5) is 16.8. The fraction of sp³-hybridized carbons (Fsp3) is 0.300. The number of fused-ring (bicyclic) bond motifs is 1. The van der Waals surface area contributed by atoms with Gasteiger partial charge in [-0.2, -0.15) is 0 Å². The lowest BCUT2D eigenvalue weighted by Crippen LogP contribution is -2.27. The van der Waals surface area contributed by atoms with Gasteiger partial charge in [0.1, 0.15) is 5.75 Å². The number of amides is 1. The average molecular weight is 322 g/mol. The van der Waals surface area contributed by atoms with Crippen LogP contribution >= 0.6 is 0 Å². The monoisotopic (exact) mass is 322 g/mol. The van der Waals surface area contributed by atoms with Gasteiger partial charge >= 0.3 is 0 Å². The van der Waals surface area contributed by atoms with Gasteiger partial charge in [-0.3, -0.25) is 9.79 Å². The van der Waals surface area contributed by atoms with Crippen molar-refractivity contribution in [2.75, 3.05) is 20.2 Å². The maximum atomic E-state index is 12.2. The molecule has 1 N–H and O–H groups in total. The van der Waals surface area contributed by atoms with Crippen LogP contribution in [0.1, 0.15) is 33.5 Å². The molecule has 2 aromatic carbocycles. The van der Waals surface area contributed by atoms with Gasteiger partial charge in [-0.15, -0.1) is 0 Å². The largest absolute Gasteiger partial charge is 0.497 e. The first-order valence-electron chi connectivity index (χ1n) is 8.23. The van der Waals surface area contributed by atoms with E-state index in [1.54, 1.807) is 7.11 Å². The first-order chi connectivity index (χ1) is 11.7. The second-order valence-electron chi connectivity index (χ2n) is 5.97. The van der Waals surface area contributed by atoms with Crippen LogP contribution in [0, 0.1) is 6.92 Å². The molecule has 24 heavy (non-hydrogen) atoms. The van der Waals surface area contributed by atoms with Crippen LogP contribution in [0.15, 0.2) is 47.5 Å². The number of hydrogen-bond acceptors (Lipinski definition) is 3. The van der Waals surface area contributed by atoms with Crippen molar-refractivity contribution < 1.29 is 9.53 Å². The molecule has 4 nitrogen and oxygen atoms in total. The van der Waals surface area contributed by atoms with Gasteiger partial charge in [0.15, 0.2) is 0 Å². The van der Waals surface area contributed by atoms with E-state index in [2.05, 4.69) is 16.4 Å². The third-order valence-corrected chi connectivity index (χ3v) is 4.27. The molecule has 0 aromatic heterocycles. The Morgan fingerprint density at radius 3 is 2.75 bits per heavy atom. The molecular weight excluding hydrogens is 300 g/mol. The van der Waals surface area contributed by atoms with Crippen molar-refractivity contribution in [2.24, 2.45) is 4.99 Å². The van der Waals surface area contributed by atoms with Crippen molar-refractivity contribution in [1.29, 1.82) is 0 Å². The zero-order valence-corrected chi connectivity index (χ0v) is 14.1. The molecule has 0 unspecified atom stereocenters.